The van der Waals surface area contributed by atoms with Crippen molar-refractivity contribution >= 4 is 38.8 Å². The van der Waals surface area contributed by atoms with E-state index >= 15 is 0 Å². The molecule has 0 amide bonds. The predicted octanol–water partition coefficient (Wildman–Crippen LogP) is 6.04. The Balaban J connectivity index is 1.61. The minimum absolute atomic E-state index is 0.264. The van der Waals surface area contributed by atoms with E-state index in [1.165, 1.54) is 17.4 Å². The highest BCUT2D eigenvalue weighted by Crippen LogP contribution is 2.43. The highest BCUT2D eigenvalue weighted by molar-refractivity contribution is 7.16. The number of nitrogens with zero attached hydrogens (tertiary/aromatic N) is 3. The molecule has 0 spiro atoms. The first kappa shape index (κ1) is 25.2. The average molecular weight is 524 g/mol. The molecule has 3 unspecified atom stereocenters. The van der Waals surface area contributed by atoms with Crippen LogP contribution >= 0.6 is 11.3 Å². The minimum Gasteiger partial charge on any atom is -0.479 e. The standard InChI is InChI=1S/C28H27F2N3O3S/c1-15-23(25(27(34)35)36-28(2,3)4)24(17-6-8-21-22(12-17)37-14-31-21)18-9-10-33(26(18)32-15)13-16-5-7-19(29)20(30)11-16/h5-12,14,18,25-26H,13H2,1-4H3,(H,34,35). The van der Waals surface area contributed by atoms with Gasteiger partial charge in [-0.05, 0) is 74.9 Å². The van der Waals surface area contributed by atoms with E-state index in [0.717, 1.165) is 27.4 Å². The molecule has 3 aromatic rings. The highest BCUT2D eigenvalue weighted by atomic mass is 32.1. The largest absolute Gasteiger partial charge is 0.479 e. The first-order chi connectivity index (χ1) is 17.5. The normalized spacial score (nSPS) is 20.4. The fourth-order valence-electron chi connectivity index (χ4n) is 4.92. The molecule has 0 fully saturated rings. The lowest BCUT2D eigenvalue weighted by atomic mass is 9.81. The van der Waals surface area contributed by atoms with Crippen molar-refractivity contribution < 1.29 is 23.4 Å². The summed E-state index contributed by atoms with van der Waals surface area (Å²) in [5, 5.41) is 10.2. The second-order valence-electron chi connectivity index (χ2n) is 10.2. The molecule has 1 aromatic heterocycles. The number of aliphatic imine (C=N–C) groups is 1. The number of fused-ring (bicyclic) bond motifs is 2. The van der Waals surface area contributed by atoms with Crippen molar-refractivity contribution in [1.29, 1.82) is 0 Å². The van der Waals surface area contributed by atoms with Gasteiger partial charge in [0.1, 0.15) is 6.17 Å². The molecule has 0 aliphatic carbocycles. The van der Waals surface area contributed by atoms with Crippen LogP contribution in [0, 0.1) is 17.6 Å². The van der Waals surface area contributed by atoms with E-state index in [4.69, 9.17) is 9.73 Å². The third-order valence-electron chi connectivity index (χ3n) is 6.43. The van der Waals surface area contributed by atoms with Crippen molar-refractivity contribution in [3.8, 4) is 0 Å². The van der Waals surface area contributed by atoms with E-state index in [2.05, 4.69) is 4.98 Å². The number of benzene rings is 2. The number of aliphatic carboxylic acids is 1. The maximum atomic E-state index is 13.9. The number of carboxylic acids is 1. The van der Waals surface area contributed by atoms with Crippen LogP contribution in [0.5, 0.6) is 0 Å². The van der Waals surface area contributed by atoms with Crippen molar-refractivity contribution in [3.63, 3.8) is 0 Å². The zero-order valence-corrected chi connectivity index (χ0v) is 21.7. The zero-order valence-electron chi connectivity index (χ0n) is 20.9. The molecule has 2 aliphatic heterocycles. The summed E-state index contributed by atoms with van der Waals surface area (Å²) < 4.78 is 34.4. The van der Waals surface area contributed by atoms with Crippen LogP contribution in [0.3, 0.4) is 0 Å². The Hall–Kier alpha value is -3.43. The number of rotatable bonds is 6. The number of thiazole rings is 1. The second-order valence-corrected chi connectivity index (χ2v) is 11.1. The molecule has 192 valence electrons. The lowest BCUT2D eigenvalue weighted by Crippen LogP contribution is -2.41. The molecular formula is C28H27F2N3O3S. The molecular weight excluding hydrogens is 496 g/mol. The van der Waals surface area contributed by atoms with E-state index in [-0.39, 0.29) is 12.1 Å². The SMILES string of the molecule is CC1=NC2C(C=CN2Cc2ccc(F)c(F)c2)C(c2ccc3ncsc3c2)=C1C(OC(C)(C)C)C(=O)O. The van der Waals surface area contributed by atoms with Gasteiger partial charge in [0.05, 0.1) is 21.3 Å². The summed E-state index contributed by atoms with van der Waals surface area (Å²) in [4.78, 5) is 23.7. The number of hydrogen-bond acceptors (Lipinski definition) is 6. The lowest BCUT2D eigenvalue weighted by Gasteiger charge is -2.36. The Bertz CT molecular complexity index is 1470. The number of halogens is 2. The number of carbonyl (C=O) groups is 1. The van der Waals surface area contributed by atoms with Crippen LogP contribution in [0.25, 0.3) is 15.8 Å². The highest BCUT2D eigenvalue weighted by Gasteiger charge is 2.42. The van der Waals surface area contributed by atoms with Gasteiger partial charge in [-0.15, -0.1) is 11.3 Å². The van der Waals surface area contributed by atoms with Gasteiger partial charge in [0.2, 0.25) is 0 Å². The average Bonchev–Trinajstić information content (AvgIpc) is 3.45. The van der Waals surface area contributed by atoms with Crippen LogP contribution in [0.4, 0.5) is 8.78 Å². The summed E-state index contributed by atoms with van der Waals surface area (Å²) >= 11 is 1.52. The molecule has 0 bridgehead atoms. The Morgan fingerprint density at radius 1 is 1.19 bits per heavy atom. The molecule has 0 saturated heterocycles. The van der Waals surface area contributed by atoms with Crippen LogP contribution in [0.2, 0.25) is 0 Å². The predicted molar refractivity (Wildman–Crippen MR) is 140 cm³/mol. The molecule has 0 radical (unpaired) electrons. The van der Waals surface area contributed by atoms with E-state index in [1.54, 1.807) is 18.5 Å². The van der Waals surface area contributed by atoms with Gasteiger partial charge < -0.3 is 14.7 Å². The lowest BCUT2D eigenvalue weighted by molar-refractivity contribution is -0.155. The summed E-state index contributed by atoms with van der Waals surface area (Å²) in [6, 6.07) is 9.77. The van der Waals surface area contributed by atoms with Gasteiger partial charge >= 0.3 is 5.97 Å². The maximum Gasteiger partial charge on any atom is 0.337 e. The third-order valence-corrected chi connectivity index (χ3v) is 7.23. The third kappa shape index (κ3) is 4.93. The molecule has 2 aromatic carbocycles. The first-order valence-electron chi connectivity index (χ1n) is 11.9. The van der Waals surface area contributed by atoms with Crippen LogP contribution < -0.4 is 0 Å². The number of ether oxygens (including phenoxy) is 1. The number of aromatic nitrogens is 1. The number of hydrogen-bond donors (Lipinski definition) is 1. The molecule has 37 heavy (non-hydrogen) atoms. The second kappa shape index (κ2) is 9.46. The van der Waals surface area contributed by atoms with Crippen LogP contribution in [-0.2, 0) is 16.1 Å². The van der Waals surface area contributed by atoms with Crippen molar-refractivity contribution in [1.82, 2.24) is 9.88 Å². The van der Waals surface area contributed by atoms with Crippen LogP contribution in [0.1, 0.15) is 38.8 Å². The van der Waals surface area contributed by atoms with Gasteiger partial charge in [-0.3, -0.25) is 4.99 Å². The molecule has 3 heterocycles. The van der Waals surface area contributed by atoms with Crippen molar-refractivity contribution in [3.05, 3.63) is 82.5 Å². The number of carboxylic acid groups (broad SMARTS) is 1. The van der Waals surface area contributed by atoms with E-state index in [9.17, 15) is 18.7 Å². The zero-order chi connectivity index (χ0) is 26.5. The van der Waals surface area contributed by atoms with Crippen LogP contribution in [-0.4, -0.2) is 44.5 Å². The summed E-state index contributed by atoms with van der Waals surface area (Å²) in [5.41, 5.74) is 5.36. The smallest absolute Gasteiger partial charge is 0.337 e. The van der Waals surface area contributed by atoms with Gasteiger partial charge in [0.25, 0.3) is 0 Å². The van der Waals surface area contributed by atoms with Gasteiger partial charge in [-0.2, -0.15) is 0 Å². The first-order valence-corrected chi connectivity index (χ1v) is 12.8. The Morgan fingerprint density at radius 2 is 1.97 bits per heavy atom. The molecule has 1 N–H and O–H groups in total. The molecule has 3 atom stereocenters. The molecule has 6 nitrogen and oxygen atoms in total. The quantitative estimate of drug-likeness (QED) is 0.426. The van der Waals surface area contributed by atoms with Gasteiger partial charge in [0, 0.05) is 23.7 Å². The van der Waals surface area contributed by atoms with Gasteiger partial charge in [0.15, 0.2) is 17.7 Å². The Labute approximate surface area is 217 Å². The fraction of sp³-hybridized carbons (Fsp3) is 0.321. The molecule has 5 rings (SSSR count). The fourth-order valence-corrected chi connectivity index (χ4v) is 5.64. The maximum absolute atomic E-state index is 13.9. The Kier molecular flexibility index (Phi) is 6.45. The molecule has 2 aliphatic rings. The summed E-state index contributed by atoms with van der Waals surface area (Å²) in [5.74, 6) is -3.14. The van der Waals surface area contributed by atoms with Crippen molar-refractivity contribution in [2.75, 3.05) is 0 Å². The topological polar surface area (TPSA) is 75.0 Å². The van der Waals surface area contributed by atoms with Crippen LogP contribution in [0.15, 0.2) is 64.8 Å². The van der Waals surface area contributed by atoms with Crippen molar-refractivity contribution in [2.24, 2.45) is 10.9 Å². The van der Waals surface area contributed by atoms with Crippen molar-refractivity contribution in [2.45, 2.75) is 52.1 Å². The minimum atomic E-state index is -1.22. The molecule has 9 heteroatoms. The van der Waals surface area contributed by atoms with Gasteiger partial charge in [-0.25, -0.2) is 18.6 Å². The monoisotopic (exact) mass is 523 g/mol. The van der Waals surface area contributed by atoms with E-state index in [0.29, 0.717) is 23.4 Å². The molecule has 0 saturated carbocycles. The summed E-state index contributed by atoms with van der Waals surface area (Å²) in [6.45, 7) is 7.59. The summed E-state index contributed by atoms with van der Waals surface area (Å²) in [6.07, 6.45) is 2.29. The van der Waals surface area contributed by atoms with E-state index < -0.39 is 29.3 Å². The Morgan fingerprint density at radius 3 is 2.68 bits per heavy atom. The van der Waals surface area contributed by atoms with E-state index in [1.807, 2.05) is 56.1 Å². The van der Waals surface area contributed by atoms with Gasteiger partial charge in [-0.1, -0.05) is 18.2 Å². The summed E-state index contributed by atoms with van der Waals surface area (Å²) in [7, 11) is 0. The number of dihydropyridines is 1.